The molecule has 0 N–H and O–H groups in total. The van der Waals surface area contributed by atoms with Gasteiger partial charge in [-0.05, 0) is 70.0 Å². The molecule has 1 amide bonds. The molecule has 3 rings (SSSR count). The number of hydrogen-bond donors (Lipinski definition) is 0. The SMILES string of the molecule is C=CCN1CC(C)(C)N(C(c2ccc(C(=O)N(CC)CC)cc2)c2cccc(OC)c2)CC1C.Cl.Cl. The third-order valence-electron chi connectivity index (χ3n) is 7.06. The normalized spacial score (nSPS) is 18.3. The largest absolute Gasteiger partial charge is 0.497 e. The highest BCUT2D eigenvalue weighted by Crippen LogP contribution is 2.38. The minimum absolute atomic E-state index is 0. The van der Waals surface area contributed by atoms with Crippen LogP contribution < -0.4 is 4.74 Å². The second-order valence-corrected chi connectivity index (χ2v) is 9.81. The van der Waals surface area contributed by atoms with Gasteiger partial charge in [-0.25, -0.2) is 0 Å². The predicted molar refractivity (Wildman–Crippen MR) is 155 cm³/mol. The molecule has 0 saturated carbocycles. The summed E-state index contributed by atoms with van der Waals surface area (Å²) in [5.41, 5.74) is 3.06. The van der Waals surface area contributed by atoms with E-state index >= 15 is 0 Å². The summed E-state index contributed by atoms with van der Waals surface area (Å²) in [5.74, 6) is 0.938. The Morgan fingerprint density at radius 3 is 2.33 bits per heavy atom. The summed E-state index contributed by atoms with van der Waals surface area (Å²) in [6.07, 6.45) is 1.99. The molecule has 1 aliphatic rings. The number of hydrogen-bond acceptors (Lipinski definition) is 4. The molecule has 7 heteroatoms. The molecule has 5 nitrogen and oxygen atoms in total. The standard InChI is InChI=1S/C29H41N3O2.2ClH/c1-8-18-31-21-29(5,6)32(20-22(31)4)27(25-12-11-13-26(19-25)34-7)23-14-16-24(17-15-23)28(33)30(9-2)10-3;;/h8,11-17,19,22,27H,1,9-10,18,20-21H2,2-7H3;2*1H. The quantitative estimate of drug-likeness (QED) is 0.364. The minimum Gasteiger partial charge on any atom is -0.497 e. The highest BCUT2D eigenvalue weighted by atomic mass is 35.5. The van der Waals surface area contributed by atoms with Gasteiger partial charge in [0.05, 0.1) is 13.2 Å². The van der Waals surface area contributed by atoms with Crippen molar-refractivity contribution in [2.45, 2.75) is 52.2 Å². The van der Waals surface area contributed by atoms with Crippen molar-refractivity contribution in [1.82, 2.24) is 14.7 Å². The topological polar surface area (TPSA) is 36.0 Å². The van der Waals surface area contributed by atoms with Crippen LogP contribution in [-0.4, -0.2) is 72.0 Å². The van der Waals surface area contributed by atoms with E-state index in [1.165, 1.54) is 11.1 Å². The van der Waals surface area contributed by atoms with Crippen LogP contribution in [0.25, 0.3) is 0 Å². The van der Waals surface area contributed by atoms with Crippen LogP contribution in [0, 0.1) is 0 Å². The van der Waals surface area contributed by atoms with Crippen molar-refractivity contribution in [1.29, 1.82) is 0 Å². The number of halogens is 2. The smallest absolute Gasteiger partial charge is 0.253 e. The minimum atomic E-state index is -0.0566. The fraction of sp³-hybridized carbons (Fsp3) is 0.483. The molecule has 2 atom stereocenters. The first kappa shape index (κ1) is 32.0. The average molecular weight is 537 g/mol. The lowest BCUT2D eigenvalue weighted by Gasteiger charge is -2.53. The predicted octanol–water partition coefficient (Wildman–Crippen LogP) is 6.08. The van der Waals surface area contributed by atoms with Crippen LogP contribution in [0.15, 0.2) is 61.2 Å². The summed E-state index contributed by atoms with van der Waals surface area (Å²) in [6.45, 7) is 19.1. The lowest BCUT2D eigenvalue weighted by atomic mass is 9.87. The Kier molecular flexibility index (Phi) is 12.5. The van der Waals surface area contributed by atoms with Crippen molar-refractivity contribution in [2.75, 3.05) is 39.8 Å². The van der Waals surface area contributed by atoms with Gasteiger partial charge in [0.1, 0.15) is 5.75 Å². The summed E-state index contributed by atoms with van der Waals surface area (Å²) in [7, 11) is 1.71. The van der Waals surface area contributed by atoms with Gasteiger partial charge in [-0.2, -0.15) is 0 Å². The van der Waals surface area contributed by atoms with Crippen LogP contribution in [-0.2, 0) is 0 Å². The van der Waals surface area contributed by atoms with Crippen LogP contribution in [0.4, 0.5) is 0 Å². The molecule has 1 heterocycles. The zero-order chi connectivity index (χ0) is 24.9. The van der Waals surface area contributed by atoms with Gasteiger partial charge in [0.25, 0.3) is 5.91 Å². The molecule has 2 aromatic carbocycles. The molecule has 1 saturated heterocycles. The van der Waals surface area contributed by atoms with Gasteiger partial charge in [0.2, 0.25) is 0 Å². The van der Waals surface area contributed by atoms with Gasteiger partial charge in [0.15, 0.2) is 0 Å². The molecule has 0 radical (unpaired) electrons. The average Bonchev–Trinajstić information content (AvgIpc) is 2.83. The van der Waals surface area contributed by atoms with E-state index in [4.69, 9.17) is 4.74 Å². The van der Waals surface area contributed by atoms with E-state index in [0.717, 1.165) is 30.9 Å². The van der Waals surface area contributed by atoms with Crippen molar-refractivity contribution < 1.29 is 9.53 Å². The molecular formula is C29H43Cl2N3O2. The van der Waals surface area contributed by atoms with Crippen molar-refractivity contribution in [3.05, 3.63) is 77.9 Å². The van der Waals surface area contributed by atoms with Crippen LogP contribution >= 0.6 is 24.8 Å². The maximum Gasteiger partial charge on any atom is 0.253 e. The van der Waals surface area contributed by atoms with Gasteiger partial charge >= 0.3 is 0 Å². The maximum absolute atomic E-state index is 12.9. The van der Waals surface area contributed by atoms with Crippen LogP contribution in [0.1, 0.15) is 62.1 Å². The molecule has 2 unspecified atom stereocenters. The van der Waals surface area contributed by atoms with Crippen molar-refractivity contribution >= 4 is 30.7 Å². The first-order chi connectivity index (χ1) is 16.2. The zero-order valence-corrected chi connectivity index (χ0v) is 24.2. The Morgan fingerprint density at radius 2 is 1.78 bits per heavy atom. The highest BCUT2D eigenvalue weighted by Gasteiger charge is 2.41. The number of rotatable bonds is 9. The molecule has 200 valence electrons. The monoisotopic (exact) mass is 535 g/mol. The summed E-state index contributed by atoms with van der Waals surface area (Å²) < 4.78 is 5.56. The highest BCUT2D eigenvalue weighted by molar-refractivity contribution is 5.94. The first-order valence-corrected chi connectivity index (χ1v) is 12.4. The molecule has 1 fully saturated rings. The van der Waals surface area contributed by atoms with E-state index in [9.17, 15) is 4.79 Å². The Hall–Kier alpha value is -2.05. The number of ether oxygens (including phenoxy) is 1. The number of piperazine rings is 1. The first-order valence-electron chi connectivity index (χ1n) is 12.4. The summed E-state index contributed by atoms with van der Waals surface area (Å²) in [5, 5.41) is 0. The van der Waals surface area contributed by atoms with Crippen LogP contribution in [0.2, 0.25) is 0 Å². The van der Waals surface area contributed by atoms with Crippen molar-refractivity contribution in [2.24, 2.45) is 0 Å². The summed E-state index contributed by atoms with van der Waals surface area (Å²) in [4.78, 5) is 19.8. The van der Waals surface area contributed by atoms with E-state index in [0.29, 0.717) is 19.1 Å². The maximum atomic E-state index is 12.9. The number of benzene rings is 2. The molecule has 2 aromatic rings. The number of methoxy groups -OCH3 is 1. The molecule has 0 aromatic heterocycles. The number of nitrogens with zero attached hydrogens (tertiary/aromatic N) is 3. The second kappa shape index (κ2) is 14.0. The molecular weight excluding hydrogens is 493 g/mol. The third-order valence-corrected chi connectivity index (χ3v) is 7.06. The second-order valence-electron chi connectivity index (χ2n) is 9.81. The van der Waals surface area contributed by atoms with Gasteiger partial charge in [-0.15, -0.1) is 31.4 Å². The van der Waals surface area contributed by atoms with Crippen molar-refractivity contribution in [3.63, 3.8) is 0 Å². The van der Waals surface area contributed by atoms with Crippen LogP contribution in [0.5, 0.6) is 5.75 Å². The summed E-state index contributed by atoms with van der Waals surface area (Å²) >= 11 is 0. The number of amides is 1. The van der Waals surface area contributed by atoms with E-state index in [1.807, 2.05) is 43.0 Å². The zero-order valence-electron chi connectivity index (χ0n) is 22.6. The molecule has 0 spiro atoms. The lowest BCUT2D eigenvalue weighted by molar-refractivity contribution is -0.0254. The third kappa shape index (κ3) is 7.04. The number of carbonyl (C=O) groups is 1. The Morgan fingerprint density at radius 1 is 1.14 bits per heavy atom. The van der Waals surface area contributed by atoms with E-state index in [-0.39, 0.29) is 42.3 Å². The molecule has 1 aliphatic heterocycles. The Balaban J connectivity index is 0.00000324. The van der Waals surface area contributed by atoms with Crippen molar-refractivity contribution in [3.8, 4) is 5.75 Å². The molecule has 36 heavy (non-hydrogen) atoms. The van der Waals surface area contributed by atoms with E-state index < -0.39 is 0 Å². The van der Waals surface area contributed by atoms with Crippen LogP contribution in [0.3, 0.4) is 0 Å². The fourth-order valence-electron chi connectivity index (χ4n) is 5.12. The lowest BCUT2D eigenvalue weighted by Crippen LogP contribution is -2.63. The van der Waals surface area contributed by atoms with Gasteiger partial charge in [0, 0.05) is 49.9 Å². The van der Waals surface area contributed by atoms with E-state index in [1.54, 1.807) is 7.11 Å². The van der Waals surface area contributed by atoms with Gasteiger partial charge < -0.3 is 9.64 Å². The number of carbonyl (C=O) groups excluding carboxylic acids is 1. The van der Waals surface area contributed by atoms with Gasteiger partial charge in [-0.3, -0.25) is 14.6 Å². The summed E-state index contributed by atoms with van der Waals surface area (Å²) in [6, 6.07) is 17.0. The fourth-order valence-corrected chi connectivity index (χ4v) is 5.12. The molecule has 0 bridgehead atoms. The van der Waals surface area contributed by atoms with E-state index in [2.05, 4.69) is 67.5 Å². The Labute approximate surface area is 230 Å². The van der Waals surface area contributed by atoms with Gasteiger partial charge in [-0.1, -0.05) is 30.3 Å². The molecule has 0 aliphatic carbocycles. The Bertz CT molecular complexity index is 977.